The second kappa shape index (κ2) is 9.25. The van der Waals surface area contributed by atoms with E-state index in [1.54, 1.807) is 36.1 Å². The molecule has 2 heterocycles. The number of hydrogen-bond donors (Lipinski definition) is 1. The predicted octanol–water partition coefficient (Wildman–Crippen LogP) is 1.08. The van der Waals surface area contributed by atoms with E-state index in [1.807, 2.05) is 0 Å². The molecule has 29 heavy (non-hydrogen) atoms. The molecule has 2 aliphatic rings. The van der Waals surface area contributed by atoms with E-state index >= 15 is 0 Å². The number of carbonyl (C=O) groups is 2. The minimum absolute atomic E-state index is 0.146. The highest BCUT2D eigenvalue weighted by Crippen LogP contribution is 2.18. The fraction of sp³-hybridized carbons (Fsp3) is 0.474. The molecule has 1 aromatic rings. The van der Waals surface area contributed by atoms with Crippen LogP contribution >= 0.6 is 11.6 Å². The van der Waals surface area contributed by atoms with Crippen LogP contribution in [0.4, 0.5) is 0 Å². The van der Waals surface area contributed by atoms with Crippen LogP contribution in [0.15, 0.2) is 29.7 Å². The Morgan fingerprint density at radius 1 is 1.24 bits per heavy atom. The summed E-state index contributed by atoms with van der Waals surface area (Å²) in [4.78, 5) is 28.4. The van der Waals surface area contributed by atoms with Crippen molar-refractivity contribution in [2.75, 3.05) is 32.8 Å². The van der Waals surface area contributed by atoms with E-state index < -0.39 is 22.1 Å². The zero-order valence-corrected chi connectivity index (χ0v) is 17.7. The van der Waals surface area contributed by atoms with Gasteiger partial charge in [0.05, 0.1) is 13.2 Å². The largest absolute Gasteiger partial charge is 0.378 e. The average molecular weight is 442 g/mol. The number of amides is 2. The van der Waals surface area contributed by atoms with Gasteiger partial charge in [-0.15, -0.1) is 0 Å². The van der Waals surface area contributed by atoms with E-state index in [-0.39, 0.29) is 11.8 Å². The summed E-state index contributed by atoms with van der Waals surface area (Å²) in [7, 11) is -3.82. The lowest BCUT2D eigenvalue weighted by Gasteiger charge is -2.32. The number of sulfonamides is 1. The summed E-state index contributed by atoms with van der Waals surface area (Å²) < 4.78 is 32.4. The highest BCUT2D eigenvalue weighted by atomic mass is 35.5. The first kappa shape index (κ1) is 21.8. The Morgan fingerprint density at radius 2 is 1.90 bits per heavy atom. The lowest BCUT2D eigenvalue weighted by atomic mass is 10.2. The Morgan fingerprint density at radius 3 is 2.55 bits per heavy atom. The molecule has 0 saturated carbocycles. The van der Waals surface area contributed by atoms with Crippen molar-refractivity contribution in [2.45, 2.75) is 25.4 Å². The zero-order valence-electron chi connectivity index (χ0n) is 16.1. The summed E-state index contributed by atoms with van der Waals surface area (Å²) in [6.45, 7) is 3.95. The molecule has 0 bridgehead atoms. The topological polar surface area (TPSA) is 96.0 Å². The van der Waals surface area contributed by atoms with Gasteiger partial charge in [0.1, 0.15) is 12.1 Å². The molecule has 1 N–H and O–H groups in total. The molecule has 158 valence electrons. The Balaban J connectivity index is 1.60. The van der Waals surface area contributed by atoms with Crippen LogP contribution in [0.5, 0.6) is 0 Å². The molecule has 0 aliphatic carbocycles. The monoisotopic (exact) mass is 441 g/mol. The third-order valence-electron chi connectivity index (χ3n) is 5.00. The van der Waals surface area contributed by atoms with Crippen molar-refractivity contribution in [1.29, 1.82) is 0 Å². The van der Waals surface area contributed by atoms with E-state index in [2.05, 4.69) is 4.72 Å². The second-order valence-electron chi connectivity index (χ2n) is 7.00. The maximum Gasteiger partial charge on any atom is 0.245 e. The van der Waals surface area contributed by atoms with Crippen LogP contribution < -0.4 is 4.72 Å². The van der Waals surface area contributed by atoms with Gasteiger partial charge in [-0.1, -0.05) is 23.7 Å². The molecule has 0 unspecified atom stereocenters. The standard InChI is InChI=1S/C19H24ClN3O5S/c1-14(18(24)22-9-11-28-12-10-22)23-8-6-17(19(23)25)21-29(26,27)13-7-15-2-4-16(20)5-3-15/h2-5,7,13-14,17,21H,6,8-12H2,1H3/t14-,17-/m0/s1. The van der Waals surface area contributed by atoms with E-state index in [1.165, 1.54) is 11.0 Å². The van der Waals surface area contributed by atoms with Gasteiger partial charge in [-0.25, -0.2) is 8.42 Å². The Labute approximate surface area is 175 Å². The van der Waals surface area contributed by atoms with Crippen molar-refractivity contribution in [3.05, 3.63) is 40.3 Å². The zero-order chi connectivity index (χ0) is 21.0. The van der Waals surface area contributed by atoms with Gasteiger partial charge < -0.3 is 14.5 Å². The number of ether oxygens (including phenoxy) is 1. The lowest BCUT2D eigenvalue weighted by Crippen LogP contribution is -2.52. The highest BCUT2D eigenvalue weighted by molar-refractivity contribution is 7.92. The van der Waals surface area contributed by atoms with E-state index in [4.69, 9.17) is 16.3 Å². The Kier molecular flexibility index (Phi) is 6.94. The SMILES string of the molecule is C[C@@H](C(=O)N1CCOCC1)N1CC[C@H](NS(=O)(=O)C=Cc2ccc(Cl)cc2)C1=O. The van der Waals surface area contributed by atoms with Gasteiger partial charge in [-0.05, 0) is 37.1 Å². The fourth-order valence-electron chi connectivity index (χ4n) is 3.36. The maximum absolute atomic E-state index is 12.7. The number of carbonyl (C=O) groups excluding carboxylic acids is 2. The molecule has 3 rings (SSSR count). The third kappa shape index (κ3) is 5.57. The normalized spacial score (nSPS) is 21.7. The minimum atomic E-state index is -3.82. The van der Waals surface area contributed by atoms with Crippen molar-refractivity contribution < 1.29 is 22.7 Å². The number of rotatable bonds is 6. The molecule has 2 saturated heterocycles. The van der Waals surface area contributed by atoms with Crippen LogP contribution in [0.3, 0.4) is 0 Å². The lowest BCUT2D eigenvalue weighted by molar-refractivity contribution is -0.146. The van der Waals surface area contributed by atoms with E-state index in [0.717, 1.165) is 5.41 Å². The number of nitrogens with zero attached hydrogens (tertiary/aromatic N) is 2. The van der Waals surface area contributed by atoms with Gasteiger partial charge in [0.2, 0.25) is 21.8 Å². The molecule has 0 spiro atoms. The van der Waals surface area contributed by atoms with Gasteiger partial charge in [0.15, 0.2) is 0 Å². The van der Waals surface area contributed by atoms with Crippen LogP contribution in [0.1, 0.15) is 18.9 Å². The summed E-state index contributed by atoms with van der Waals surface area (Å²) in [5.41, 5.74) is 0.670. The maximum atomic E-state index is 12.7. The first-order valence-corrected chi connectivity index (χ1v) is 11.3. The van der Waals surface area contributed by atoms with E-state index in [9.17, 15) is 18.0 Å². The molecule has 2 atom stereocenters. The van der Waals surface area contributed by atoms with Gasteiger partial charge in [-0.2, -0.15) is 4.72 Å². The third-order valence-corrected chi connectivity index (χ3v) is 6.36. The van der Waals surface area contributed by atoms with Gasteiger partial charge in [-0.3, -0.25) is 9.59 Å². The first-order valence-electron chi connectivity index (χ1n) is 9.40. The number of halogens is 1. The average Bonchev–Trinajstić information content (AvgIpc) is 3.06. The Hall–Kier alpha value is -1.94. The molecule has 2 fully saturated rings. The summed E-state index contributed by atoms with van der Waals surface area (Å²) >= 11 is 5.81. The smallest absolute Gasteiger partial charge is 0.245 e. The van der Waals surface area contributed by atoms with Gasteiger partial charge in [0, 0.05) is 30.1 Å². The molecular formula is C19H24ClN3O5S. The Bertz CT molecular complexity index is 882. The molecular weight excluding hydrogens is 418 g/mol. The minimum Gasteiger partial charge on any atom is -0.378 e. The molecule has 8 nitrogen and oxygen atoms in total. The number of hydrogen-bond acceptors (Lipinski definition) is 5. The summed E-state index contributed by atoms with van der Waals surface area (Å²) in [5.74, 6) is -0.532. The fourth-order valence-corrected chi connectivity index (χ4v) is 4.51. The molecule has 0 aromatic heterocycles. The van der Waals surface area contributed by atoms with Crippen molar-refractivity contribution in [2.24, 2.45) is 0 Å². The molecule has 0 radical (unpaired) electrons. The van der Waals surface area contributed by atoms with Crippen LogP contribution in [-0.4, -0.2) is 75.0 Å². The van der Waals surface area contributed by atoms with E-state index in [0.29, 0.717) is 49.9 Å². The summed E-state index contributed by atoms with van der Waals surface area (Å²) in [6, 6.07) is 5.18. The van der Waals surface area contributed by atoms with Gasteiger partial charge in [0.25, 0.3) is 0 Å². The molecule has 2 aliphatic heterocycles. The van der Waals surface area contributed by atoms with Crippen LogP contribution in [0.25, 0.3) is 6.08 Å². The predicted molar refractivity (Wildman–Crippen MR) is 110 cm³/mol. The number of morpholine rings is 1. The molecule has 2 amide bonds. The quantitative estimate of drug-likeness (QED) is 0.712. The van der Waals surface area contributed by atoms with Crippen LogP contribution in [0, 0.1) is 0 Å². The highest BCUT2D eigenvalue weighted by Gasteiger charge is 2.39. The van der Waals surface area contributed by atoms with Crippen molar-refractivity contribution in [1.82, 2.24) is 14.5 Å². The van der Waals surface area contributed by atoms with Crippen LogP contribution in [0.2, 0.25) is 5.02 Å². The number of benzene rings is 1. The number of nitrogens with one attached hydrogen (secondary N) is 1. The summed E-state index contributed by atoms with van der Waals surface area (Å²) in [6.07, 6.45) is 1.74. The first-order chi connectivity index (χ1) is 13.8. The van der Waals surface area contributed by atoms with Gasteiger partial charge >= 0.3 is 0 Å². The van der Waals surface area contributed by atoms with Crippen molar-refractivity contribution >= 4 is 39.5 Å². The number of likely N-dealkylation sites (tertiary alicyclic amines) is 1. The van der Waals surface area contributed by atoms with Crippen LogP contribution in [-0.2, 0) is 24.3 Å². The molecule has 10 heteroatoms. The van der Waals surface area contributed by atoms with Crippen molar-refractivity contribution in [3.8, 4) is 0 Å². The summed E-state index contributed by atoms with van der Waals surface area (Å²) in [5, 5.41) is 1.58. The molecule has 1 aromatic carbocycles. The van der Waals surface area contributed by atoms with Crippen molar-refractivity contribution in [3.63, 3.8) is 0 Å². The second-order valence-corrected chi connectivity index (χ2v) is 9.04.